The van der Waals surface area contributed by atoms with Crippen LogP contribution in [0.2, 0.25) is 0 Å². The highest BCUT2D eigenvalue weighted by Gasteiger charge is 2.14. The van der Waals surface area contributed by atoms with Crippen LogP contribution in [0, 0.1) is 10.1 Å². The zero-order chi connectivity index (χ0) is 10.8. The predicted molar refractivity (Wildman–Crippen MR) is 57.9 cm³/mol. The van der Waals surface area contributed by atoms with Gasteiger partial charge in [0, 0.05) is 30.4 Å². The lowest BCUT2D eigenvalue weighted by Gasteiger charge is -2.04. The Morgan fingerprint density at radius 1 is 1.40 bits per heavy atom. The smallest absolute Gasteiger partial charge is 0.295 e. The third-order valence-corrected chi connectivity index (χ3v) is 2.21. The van der Waals surface area contributed by atoms with Crippen molar-refractivity contribution < 1.29 is 4.92 Å². The van der Waals surface area contributed by atoms with E-state index in [4.69, 9.17) is 0 Å². The zero-order valence-electron chi connectivity index (χ0n) is 8.10. The number of nitrogens with one attached hydrogen (secondary N) is 1. The van der Waals surface area contributed by atoms with Gasteiger partial charge in [-0.25, -0.2) is 4.98 Å². The van der Waals surface area contributed by atoms with Crippen LogP contribution in [0.15, 0.2) is 30.5 Å². The minimum absolute atomic E-state index is 0.0320. The fourth-order valence-corrected chi connectivity index (χ4v) is 1.52. The van der Waals surface area contributed by atoms with Crippen LogP contribution in [0.1, 0.15) is 0 Å². The van der Waals surface area contributed by atoms with E-state index >= 15 is 0 Å². The van der Waals surface area contributed by atoms with E-state index in [0.717, 1.165) is 11.1 Å². The van der Waals surface area contributed by atoms with Crippen LogP contribution in [-0.4, -0.2) is 17.0 Å². The Labute approximate surface area is 85.9 Å². The number of aromatic nitrogens is 1. The predicted octanol–water partition coefficient (Wildman–Crippen LogP) is 2.18. The summed E-state index contributed by atoms with van der Waals surface area (Å²) in [6.07, 6.45) is 1.55. The van der Waals surface area contributed by atoms with Crippen molar-refractivity contribution in [3.05, 3.63) is 40.6 Å². The van der Waals surface area contributed by atoms with Gasteiger partial charge < -0.3 is 5.32 Å². The molecule has 1 aromatic heterocycles. The quantitative estimate of drug-likeness (QED) is 0.600. The van der Waals surface area contributed by atoms with Crippen molar-refractivity contribution >= 4 is 22.3 Å². The van der Waals surface area contributed by atoms with Crippen molar-refractivity contribution in [2.75, 3.05) is 12.4 Å². The van der Waals surface area contributed by atoms with Crippen molar-refractivity contribution in [1.29, 1.82) is 0 Å². The fraction of sp³-hybridized carbons (Fsp3) is 0.100. The summed E-state index contributed by atoms with van der Waals surface area (Å²) in [4.78, 5) is 14.4. The Morgan fingerprint density at radius 3 is 2.87 bits per heavy atom. The maximum Gasteiger partial charge on any atom is 0.295 e. The van der Waals surface area contributed by atoms with Gasteiger partial charge in [-0.2, -0.15) is 0 Å². The SMILES string of the molecule is CNc1ccc([N+](=O)[O-])c2ncccc12. The summed E-state index contributed by atoms with van der Waals surface area (Å²) in [7, 11) is 1.77. The van der Waals surface area contributed by atoms with Crippen LogP contribution in [0.4, 0.5) is 11.4 Å². The lowest BCUT2D eigenvalue weighted by molar-refractivity contribution is -0.383. The molecule has 0 fully saturated rings. The first-order valence-electron chi connectivity index (χ1n) is 4.44. The molecule has 0 aliphatic rings. The summed E-state index contributed by atoms with van der Waals surface area (Å²) in [5.74, 6) is 0. The standard InChI is InChI=1S/C10H9N3O2/c1-11-8-4-5-9(13(14)15)10-7(8)3-2-6-12-10/h2-6,11H,1H3. The second-order valence-electron chi connectivity index (χ2n) is 3.04. The Balaban J connectivity index is 2.83. The summed E-state index contributed by atoms with van der Waals surface area (Å²) in [5, 5.41) is 14.5. The molecular formula is C10H9N3O2. The lowest BCUT2D eigenvalue weighted by Crippen LogP contribution is -1.95. The number of pyridine rings is 1. The summed E-state index contributed by atoms with van der Waals surface area (Å²) < 4.78 is 0. The van der Waals surface area contributed by atoms with Gasteiger partial charge in [0.05, 0.1) is 4.92 Å². The summed E-state index contributed by atoms with van der Waals surface area (Å²) in [6, 6.07) is 6.71. The topological polar surface area (TPSA) is 68.1 Å². The summed E-state index contributed by atoms with van der Waals surface area (Å²) in [5.41, 5.74) is 1.28. The van der Waals surface area contributed by atoms with E-state index in [9.17, 15) is 10.1 Å². The van der Waals surface area contributed by atoms with Gasteiger partial charge in [-0.3, -0.25) is 10.1 Å². The minimum Gasteiger partial charge on any atom is -0.388 e. The van der Waals surface area contributed by atoms with Crippen molar-refractivity contribution in [2.45, 2.75) is 0 Å². The molecule has 1 N–H and O–H groups in total. The van der Waals surface area contributed by atoms with E-state index in [1.54, 1.807) is 31.4 Å². The summed E-state index contributed by atoms with van der Waals surface area (Å²) >= 11 is 0. The Hall–Kier alpha value is -2.17. The van der Waals surface area contributed by atoms with Crippen LogP contribution < -0.4 is 5.32 Å². The van der Waals surface area contributed by atoms with E-state index in [-0.39, 0.29) is 5.69 Å². The Morgan fingerprint density at radius 2 is 2.20 bits per heavy atom. The molecule has 0 aliphatic carbocycles. The number of hydrogen-bond donors (Lipinski definition) is 1. The maximum atomic E-state index is 10.8. The number of hydrogen-bond acceptors (Lipinski definition) is 4. The van der Waals surface area contributed by atoms with E-state index in [1.165, 1.54) is 6.07 Å². The van der Waals surface area contributed by atoms with Crippen LogP contribution in [0.3, 0.4) is 0 Å². The third kappa shape index (κ3) is 1.48. The first-order valence-corrected chi connectivity index (χ1v) is 4.44. The van der Waals surface area contributed by atoms with Crippen molar-refractivity contribution in [2.24, 2.45) is 0 Å². The van der Waals surface area contributed by atoms with E-state index < -0.39 is 4.92 Å². The van der Waals surface area contributed by atoms with Gasteiger partial charge in [-0.15, -0.1) is 0 Å². The zero-order valence-corrected chi connectivity index (χ0v) is 8.10. The Bertz CT molecular complexity index is 525. The highest BCUT2D eigenvalue weighted by molar-refractivity contribution is 5.96. The fourth-order valence-electron chi connectivity index (χ4n) is 1.52. The van der Waals surface area contributed by atoms with Crippen LogP contribution in [-0.2, 0) is 0 Å². The molecule has 0 unspecified atom stereocenters. The number of nitro benzene ring substituents is 1. The van der Waals surface area contributed by atoms with Crippen LogP contribution in [0.25, 0.3) is 10.9 Å². The molecule has 1 heterocycles. The molecule has 0 spiro atoms. The summed E-state index contributed by atoms with van der Waals surface area (Å²) in [6.45, 7) is 0. The first kappa shape index (κ1) is 9.39. The van der Waals surface area contributed by atoms with E-state index in [0.29, 0.717) is 5.52 Å². The van der Waals surface area contributed by atoms with Crippen LogP contribution in [0.5, 0.6) is 0 Å². The number of nitro groups is 1. The van der Waals surface area contributed by atoms with Gasteiger partial charge in [0.2, 0.25) is 0 Å². The van der Waals surface area contributed by atoms with Crippen molar-refractivity contribution in [1.82, 2.24) is 4.98 Å². The molecule has 2 aromatic rings. The lowest BCUT2D eigenvalue weighted by atomic mass is 10.1. The highest BCUT2D eigenvalue weighted by Crippen LogP contribution is 2.28. The number of nitrogens with zero attached hydrogens (tertiary/aromatic N) is 2. The highest BCUT2D eigenvalue weighted by atomic mass is 16.6. The van der Waals surface area contributed by atoms with Gasteiger partial charge >= 0.3 is 0 Å². The van der Waals surface area contributed by atoms with Gasteiger partial charge in [0.1, 0.15) is 5.52 Å². The molecule has 0 amide bonds. The van der Waals surface area contributed by atoms with E-state index in [2.05, 4.69) is 10.3 Å². The number of anilines is 1. The largest absolute Gasteiger partial charge is 0.388 e. The number of rotatable bonds is 2. The number of fused-ring (bicyclic) bond motifs is 1. The molecule has 2 rings (SSSR count). The van der Waals surface area contributed by atoms with E-state index in [1.807, 2.05) is 0 Å². The molecule has 0 saturated carbocycles. The second-order valence-corrected chi connectivity index (χ2v) is 3.04. The monoisotopic (exact) mass is 203 g/mol. The molecule has 0 bridgehead atoms. The van der Waals surface area contributed by atoms with Crippen molar-refractivity contribution in [3.63, 3.8) is 0 Å². The molecule has 0 atom stereocenters. The third-order valence-electron chi connectivity index (χ3n) is 2.21. The molecule has 5 heteroatoms. The molecule has 0 radical (unpaired) electrons. The molecule has 5 nitrogen and oxygen atoms in total. The molecule has 76 valence electrons. The van der Waals surface area contributed by atoms with Crippen LogP contribution >= 0.6 is 0 Å². The number of non-ortho nitro benzene ring substituents is 1. The first-order chi connectivity index (χ1) is 7.24. The molecule has 1 aromatic carbocycles. The molecule has 0 saturated heterocycles. The normalized spacial score (nSPS) is 10.2. The van der Waals surface area contributed by atoms with Gasteiger partial charge in [0.15, 0.2) is 0 Å². The molecule has 15 heavy (non-hydrogen) atoms. The average molecular weight is 203 g/mol. The maximum absolute atomic E-state index is 10.8. The Kier molecular flexibility index (Phi) is 2.21. The number of benzene rings is 1. The minimum atomic E-state index is -0.422. The average Bonchev–Trinajstić information content (AvgIpc) is 2.27. The molecular weight excluding hydrogens is 194 g/mol. The van der Waals surface area contributed by atoms with Gasteiger partial charge in [0.25, 0.3) is 5.69 Å². The second kappa shape index (κ2) is 3.53. The van der Waals surface area contributed by atoms with Gasteiger partial charge in [-0.1, -0.05) is 0 Å². The van der Waals surface area contributed by atoms with Gasteiger partial charge in [-0.05, 0) is 18.2 Å². The molecule has 0 aliphatic heterocycles. The van der Waals surface area contributed by atoms with Crippen molar-refractivity contribution in [3.8, 4) is 0 Å².